The SMILES string of the molecule is C[C@H]1CN(S(C)(=O)=O)CC[C@@H]1c1cc(-c2cn[nH]c2)c(OC2CCOC2)c2nc(N)nn12. The van der Waals surface area contributed by atoms with E-state index in [1.165, 1.54) is 10.6 Å². The Balaban J connectivity index is 1.62. The van der Waals surface area contributed by atoms with Crippen molar-refractivity contribution in [1.29, 1.82) is 0 Å². The van der Waals surface area contributed by atoms with Crippen molar-refractivity contribution in [2.75, 3.05) is 38.3 Å². The molecule has 3 aromatic rings. The van der Waals surface area contributed by atoms with Crippen LogP contribution in [0.4, 0.5) is 5.95 Å². The summed E-state index contributed by atoms with van der Waals surface area (Å²) in [4.78, 5) is 4.49. The second kappa shape index (κ2) is 8.01. The molecule has 32 heavy (non-hydrogen) atoms. The lowest BCUT2D eigenvalue weighted by atomic mass is 9.84. The molecule has 12 heteroatoms. The Kier molecular flexibility index (Phi) is 5.30. The molecule has 3 N–H and O–H groups in total. The van der Waals surface area contributed by atoms with Crippen LogP contribution in [0.1, 0.15) is 31.4 Å². The van der Waals surface area contributed by atoms with Crippen LogP contribution < -0.4 is 10.5 Å². The highest BCUT2D eigenvalue weighted by molar-refractivity contribution is 7.88. The summed E-state index contributed by atoms with van der Waals surface area (Å²) >= 11 is 0. The Labute approximate surface area is 186 Å². The fraction of sp³-hybridized carbons (Fsp3) is 0.550. The number of hydrogen-bond donors (Lipinski definition) is 2. The molecule has 1 unspecified atom stereocenters. The number of sulfonamides is 1. The monoisotopic (exact) mass is 461 g/mol. The molecular weight excluding hydrogens is 434 g/mol. The molecule has 0 radical (unpaired) electrons. The van der Waals surface area contributed by atoms with E-state index in [1.54, 1.807) is 10.7 Å². The van der Waals surface area contributed by atoms with Crippen LogP contribution in [0.5, 0.6) is 5.75 Å². The normalized spacial score (nSPS) is 24.9. The summed E-state index contributed by atoms with van der Waals surface area (Å²) in [6, 6.07) is 2.05. The summed E-state index contributed by atoms with van der Waals surface area (Å²) in [7, 11) is -3.23. The zero-order valence-corrected chi connectivity index (χ0v) is 18.9. The number of pyridine rings is 1. The smallest absolute Gasteiger partial charge is 0.240 e. The molecule has 0 aromatic carbocycles. The van der Waals surface area contributed by atoms with Crippen molar-refractivity contribution in [2.24, 2.45) is 5.92 Å². The highest BCUT2D eigenvalue weighted by Gasteiger charge is 2.34. The van der Waals surface area contributed by atoms with Crippen molar-refractivity contribution in [3.05, 3.63) is 24.2 Å². The van der Waals surface area contributed by atoms with Gasteiger partial charge >= 0.3 is 0 Å². The molecule has 0 amide bonds. The van der Waals surface area contributed by atoms with Gasteiger partial charge in [0.2, 0.25) is 21.6 Å². The Morgan fingerprint density at radius 3 is 2.84 bits per heavy atom. The largest absolute Gasteiger partial charge is 0.483 e. The zero-order valence-electron chi connectivity index (χ0n) is 18.1. The topological polar surface area (TPSA) is 141 Å². The molecule has 2 aliphatic rings. The number of nitrogen functional groups attached to an aromatic ring is 1. The first kappa shape index (κ1) is 21.2. The first-order valence-electron chi connectivity index (χ1n) is 10.7. The van der Waals surface area contributed by atoms with Crippen LogP contribution in [-0.4, -0.2) is 76.2 Å². The molecule has 3 aromatic heterocycles. The molecule has 172 valence electrons. The molecule has 2 aliphatic heterocycles. The Morgan fingerprint density at radius 2 is 2.19 bits per heavy atom. The summed E-state index contributed by atoms with van der Waals surface area (Å²) < 4.78 is 39.2. The maximum absolute atomic E-state index is 12.1. The summed E-state index contributed by atoms with van der Waals surface area (Å²) in [5.74, 6) is 0.908. The number of aromatic nitrogens is 5. The molecule has 0 spiro atoms. The number of nitrogens with zero attached hydrogens (tertiary/aromatic N) is 5. The van der Waals surface area contributed by atoms with Gasteiger partial charge in [0.05, 0.1) is 25.7 Å². The van der Waals surface area contributed by atoms with E-state index >= 15 is 0 Å². The van der Waals surface area contributed by atoms with E-state index in [2.05, 4.69) is 27.2 Å². The predicted molar refractivity (Wildman–Crippen MR) is 118 cm³/mol. The lowest BCUT2D eigenvalue weighted by Gasteiger charge is -2.36. The van der Waals surface area contributed by atoms with E-state index in [4.69, 9.17) is 15.2 Å². The third kappa shape index (κ3) is 3.82. The maximum atomic E-state index is 12.1. The van der Waals surface area contributed by atoms with E-state index < -0.39 is 10.0 Å². The Bertz CT molecular complexity index is 1220. The third-order valence-electron chi connectivity index (χ3n) is 6.31. The zero-order chi connectivity index (χ0) is 22.5. The molecule has 0 saturated carbocycles. The first-order chi connectivity index (χ1) is 15.3. The summed E-state index contributed by atoms with van der Waals surface area (Å²) in [6.07, 6.45) is 6.19. The number of aromatic amines is 1. The molecule has 11 nitrogen and oxygen atoms in total. The number of H-pyrrole nitrogens is 1. The van der Waals surface area contributed by atoms with Gasteiger partial charge in [0.25, 0.3) is 0 Å². The number of hydrogen-bond acceptors (Lipinski definition) is 8. The van der Waals surface area contributed by atoms with Gasteiger partial charge in [0.1, 0.15) is 6.10 Å². The number of piperidine rings is 1. The average Bonchev–Trinajstić information content (AvgIpc) is 3.49. The lowest BCUT2D eigenvalue weighted by molar-refractivity contribution is 0.142. The van der Waals surface area contributed by atoms with Gasteiger partial charge < -0.3 is 15.2 Å². The van der Waals surface area contributed by atoms with E-state index in [1.807, 2.05) is 12.3 Å². The van der Waals surface area contributed by atoms with E-state index in [0.717, 1.165) is 23.2 Å². The lowest BCUT2D eigenvalue weighted by Crippen LogP contribution is -2.42. The third-order valence-corrected chi connectivity index (χ3v) is 7.58. The van der Waals surface area contributed by atoms with Crippen LogP contribution in [0.15, 0.2) is 18.5 Å². The fourth-order valence-corrected chi connectivity index (χ4v) is 5.61. The Hall–Kier alpha value is -2.70. The second-order valence-corrected chi connectivity index (χ2v) is 10.6. The van der Waals surface area contributed by atoms with Gasteiger partial charge in [0.15, 0.2) is 5.75 Å². The first-order valence-corrected chi connectivity index (χ1v) is 12.5. The molecule has 5 heterocycles. The molecule has 3 atom stereocenters. The van der Waals surface area contributed by atoms with E-state index in [0.29, 0.717) is 44.1 Å². The predicted octanol–water partition coefficient (Wildman–Crippen LogP) is 1.25. The maximum Gasteiger partial charge on any atom is 0.240 e. The van der Waals surface area contributed by atoms with Gasteiger partial charge in [0, 0.05) is 48.4 Å². The van der Waals surface area contributed by atoms with Crippen LogP contribution >= 0.6 is 0 Å². The van der Waals surface area contributed by atoms with Gasteiger partial charge in [-0.3, -0.25) is 5.10 Å². The van der Waals surface area contributed by atoms with Gasteiger partial charge in [-0.05, 0) is 18.4 Å². The Morgan fingerprint density at radius 1 is 1.34 bits per heavy atom. The van der Waals surface area contributed by atoms with E-state index in [-0.39, 0.29) is 23.9 Å². The van der Waals surface area contributed by atoms with Crippen molar-refractivity contribution in [3.8, 4) is 16.9 Å². The second-order valence-electron chi connectivity index (χ2n) is 8.60. The molecule has 0 bridgehead atoms. The molecule has 0 aliphatic carbocycles. The van der Waals surface area contributed by atoms with Crippen LogP contribution in [0.3, 0.4) is 0 Å². The van der Waals surface area contributed by atoms with Crippen LogP contribution in [0.25, 0.3) is 16.8 Å². The molecule has 2 saturated heterocycles. The molecule has 2 fully saturated rings. The number of anilines is 1. The van der Waals surface area contributed by atoms with Crippen molar-refractivity contribution >= 4 is 21.6 Å². The minimum Gasteiger partial charge on any atom is -0.483 e. The molecular formula is C20H27N7O4S. The van der Waals surface area contributed by atoms with Gasteiger partial charge in [-0.2, -0.15) is 10.1 Å². The van der Waals surface area contributed by atoms with Crippen molar-refractivity contribution < 1.29 is 17.9 Å². The van der Waals surface area contributed by atoms with Crippen LogP contribution in [-0.2, 0) is 14.8 Å². The minimum absolute atomic E-state index is 0.0751. The average molecular weight is 462 g/mol. The summed E-state index contributed by atoms with van der Waals surface area (Å²) in [5, 5.41) is 11.4. The number of ether oxygens (including phenoxy) is 2. The van der Waals surface area contributed by atoms with Gasteiger partial charge in [-0.25, -0.2) is 17.2 Å². The number of fused-ring (bicyclic) bond motifs is 1. The molecule has 5 rings (SSSR count). The number of rotatable bonds is 5. The van der Waals surface area contributed by atoms with E-state index in [9.17, 15) is 8.42 Å². The summed E-state index contributed by atoms with van der Waals surface area (Å²) in [6.45, 7) is 4.15. The quantitative estimate of drug-likeness (QED) is 0.578. The standard InChI is InChI=1S/C20H27N7O4S/c1-12-10-26(32(2,28)29)5-3-15(12)17-7-16(13-8-22-23-9-13)18(31-14-4-6-30-11-14)19-24-20(21)25-27(17)19/h7-9,12,14-15H,3-6,10-11H2,1-2H3,(H2,21,25)(H,22,23)/t12-,14?,15-/m0/s1. The fourth-order valence-electron chi connectivity index (χ4n) is 4.66. The highest BCUT2D eigenvalue weighted by atomic mass is 32.2. The van der Waals surface area contributed by atoms with Crippen LogP contribution in [0, 0.1) is 5.92 Å². The van der Waals surface area contributed by atoms with Crippen molar-refractivity contribution in [2.45, 2.75) is 31.8 Å². The number of nitrogens with one attached hydrogen (secondary N) is 1. The van der Waals surface area contributed by atoms with Gasteiger partial charge in [-0.15, -0.1) is 5.10 Å². The van der Waals surface area contributed by atoms with Crippen molar-refractivity contribution in [3.63, 3.8) is 0 Å². The van der Waals surface area contributed by atoms with Gasteiger partial charge in [-0.1, -0.05) is 6.92 Å². The van der Waals surface area contributed by atoms with Crippen molar-refractivity contribution in [1.82, 2.24) is 29.1 Å². The highest BCUT2D eigenvalue weighted by Crippen LogP contribution is 2.41. The van der Waals surface area contributed by atoms with Crippen LogP contribution in [0.2, 0.25) is 0 Å². The summed E-state index contributed by atoms with van der Waals surface area (Å²) in [5.41, 5.74) is 9.20. The minimum atomic E-state index is -3.23. The number of nitrogens with two attached hydrogens (primary N) is 1.